The Balaban J connectivity index is 2.87. The second-order valence-electron chi connectivity index (χ2n) is 2.47. The lowest BCUT2D eigenvalue weighted by molar-refractivity contribution is -0.139. The van der Waals surface area contributed by atoms with E-state index in [0.717, 1.165) is 5.56 Å². The van der Waals surface area contributed by atoms with Gasteiger partial charge in [0.25, 0.3) is 0 Å². The van der Waals surface area contributed by atoms with E-state index in [2.05, 4.69) is 25.7 Å². The van der Waals surface area contributed by atoms with Gasteiger partial charge in [-0.15, -0.1) is 0 Å². The second kappa shape index (κ2) is 4.23. The normalized spacial score (nSPS) is 9.69. The minimum atomic E-state index is -0.312. The first-order chi connectivity index (χ1) is 6.13. The number of nitrogens with zero attached hydrogens (tertiary/aromatic N) is 1. The molecule has 2 N–H and O–H groups in total. The number of pyridine rings is 1. The second-order valence-corrected chi connectivity index (χ2v) is 3.22. The zero-order valence-electron chi connectivity index (χ0n) is 7.08. The summed E-state index contributed by atoms with van der Waals surface area (Å²) in [5, 5.41) is 0. The summed E-state index contributed by atoms with van der Waals surface area (Å²) in [6.07, 6.45) is 1.69. The minimum absolute atomic E-state index is 0.176. The Hall–Kier alpha value is -1.10. The molecule has 13 heavy (non-hydrogen) atoms. The zero-order valence-corrected chi connectivity index (χ0v) is 8.67. The Morgan fingerprint density at radius 3 is 3.08 bits per heavy atom. The molecule has 1 heterocycles. The molecule has 0 unspecified atom stereocenters. The predicted molar refractivity (Wildman–Crippen MR) is 52.1 cm³/mol. The van der Waals surface area contributed by atoms with Gasteiger partial charge in [0.2, 0.25) is 0 Å². The topological polar surface area (TPSA) is 65.2 Å². The van der Waals surface area contributed by atoms with E-state index >= 15 is 0 Å². The highest BCUT2D eigenvalue weighted by Gasteiger charge is 2.07. The Kier molecular flexibility index (Phi) is 3.25. The van der Waals surface area contributed by atoms with Crippen LogP contribution in [0.3, 0.4) is 0 Å². The molecule has 1 aromatic rings. The van der Waals surface area contributed by atoms with E-state index in [4.69, 9.17) is 5.73 Å². The van der Waals surface area contributed by atoms with E-state index in [9.17, 15) is 4.79 Å². The van der Waals surface area contributed by atoms with Crippen molar-refractivity contribution in [3.63, 3.8) is 0 Å². The number of halogens is 1. The summed E-state index contributed by atoms with van der Waals surface area (Å²) in [7, 11) is 1.34. The van der Waals surface area contributed by atoms with Crippen LogP contribution in [0.25, 0.3) is 0 Å². The maximum Gasteiger partial charge on any atom is 0.310 e. The number of aromatic nitrogens is 1. The van der Waals surface area contributed by atoms with Gasteiger partial charge in [0, 0.05) is 0 Å². The van der Waals surface area contributed by atoms with Crippen molar-refractivity contribution in [3.8, 4) is 0 Å². The molecule has 0 aliphatic carbocycles. The number of hydrogen-bond acceptors (Lipinski definition) is 4. The van der Waals surface area contributed by atoms with Crippen LogP contribution in [0.4, 0.5) is 5.69 Å². The fourth-order valence-electron chi connectivity index (χ4n) is 0.864. The number of nitrogens with two attached hydrogens (primary N) is 1. The summed E-state index contributed by atoms with van der Waals surface area (Å²) in [6.45, 7) is 0. The van der Waals surface area contributed by atoms with E-state index in [0.29, 0.717) is 10.3 Å². The quantitative estimate of drug-likeness (QED) is 0.626. The van der Waals surface area contributed by atoms with Gasteiger partial charge in [-0.1, -0.05) is 0 Å². The van der Waals surface area contributed by atoms with Gasteiger partial charge in [-0.3, -0.25) is 4.79 Å². The van der Waals surface area contributed by atoms with Crippen molar-refractivity contribution in [2.24, 2.45) is 0 Å². The van der Waals surface area contributed by atoms with Crippen LogP contribution in [0.5, 0.6) is 0 Å². The highest BCUT2D eigenvalue weighted by atomic mass is 79.9. The van der Waals surface area contributed by atoms with Gasteiger partial charge in [0.1, 0.15) is 4.60 Å². The molecular formula is C8H9BrN2O2. The van der Waals surface area contributed by atoms with Gasteiger partial charge >= 0.3 is 5.97 Å². The Morgan fingerprint density at radius 1 is 1.77 bits per heavy atom. The highest BCUT2D eigenvalue weighted by molar-refractivity contribution is 9.10. The van der Waals surface area contributed by atoms with Crippen LogP contribution in [0.2, 0.25) is 0 Å². The number of rotatable bonds is 2. The van der Waals surface area contributed by atoms with Gasteiger partial charge in [0.15, 0.2) is 0 Å². The lowest BCUT2D eigenvalue weighted by atomic mass is 10.2. The van der Waals surface area contributed by atoms with Crippen LogP contribution in [0.15, 0.2) is 16.9 Å². The zero-order chi connectivity index (χ0) is 9.84. The third-order valence-corrected chi connectivity index (χ3v) is 2.21. The Morgan fingerprint density at radius 2 is 2.46 bits per heavy atom. The molecule has 0 radical (unpaired) electrons. The van der Waals surface area contributed by atoms with Crippen molar-refractivity contribution in [2.75, 3.05) is 12.8 Å². The molecule has 70 valence electrons. The van der Waals surface area contributed by atoms with E-state index < -0.39 is 0 Å². The van der Waals surface area contributed by atoms with Crippen LogP contribution >= 0.6 is 15.9 Å². The lowest BCUT2D eigenvalue weighted by Gasteiger charge is -2.02. The summed E-state index contributed by atoms with van der Waals surface area (Å²) in [5.41, 5.74) is 6.77. The molecule has 5 heteroatoms. The number of hydrogen-bond donors (Lipinski definition) is 1. The molecule has 1 rings (SSSR count). The first kappa shape index (κ1) is 9.98. The molecule has 4 nitrogen and oxygen atoms in total. The van der Waals surface area contributed by atoms with Crippen LogP contribution in [-0.2, 0) is 16.0 Å². The standard InChI is InChI=1S/C8H9BrN2O2/c1-13-7(12)3-5-2-6(10)4-11-8(5)9/h2,4H,3,10H2,1H3. The average molecular weight is 245 g/mol. The lowest BCUT2D eigenvalue weighted by Crippen LogP contribution is -2.06. The molecule has 0 aliphatic heterocycles. The summed E-state index contributed by atoms with van der Waals surface area (Å²) in [4.78, 5) is 14.9. The van der Waals surface area contributed by atoms with E-state index in [1.165, 1.54) is 13.3 Å². The van der Waals surface area contributed by atoms with Crippen LogP contribution in [0.1, 0.15) is 5.56 Å². The number of carbonyl (C=O) groups excluding carboxylic acids is 1. The molecule has 0 saturated carbocycles. The molecule has 0 spiro atoms. The van der Waals surface area contributed by atoms with Crippen molar-refractivity contribution in [2.45, 2.75) is 6.42 Å². The molecule has 0 bridgehead atoms. The molecule has 0 aromatic carbocycles. The smallest absolute Gasteiger partial charge is 0.310 e. The van der Waals surface area contributed by atoms with Crippen molar-refractivity contribution in [1.82, 2.24) is 4.98 Å². The fourth-order valence-corrected chi connectivity index (χ4v) is 1.22. The van der Waals surface area contributed by atoms with Gasteiger partial charge in [0.05, 0.1) is 25.4 Å². The summed E-state index contributed by atoms with van der Waals surface area (Å²) >= 11 is 3.21. The number of esters is 1. The SMILES string of the molecule is COC(=O)Cc1cc(N)cnc1Br. The maximum atomic E-state index is 10.9. The first-order valence-corrected chi connectivity index (χ1v) is 4.39. The van der Waals surface area contributed by atoms with Gasteiger partial charge in [-0.2, -0.15) is 0 Å². The molecule has 0 fully saturated rings. The molecule has 0 amide bonds. The minimum Gasteiger partial charge on any atom is -0.469 e. The van der Waals surface area contributed by atoms with E-state index in [1.54, 1.807) is 6.07 Å². The molecule has 0 aliphatic rings. The number of ether oxygens (including phenoxy) is 1. The third-order valence-electron chi connectivity index (χ3n) is 1.50. The molecule has 1 aromatic heterocycles. The summed E-state index contributed by atoms with van der Waals surface area (Å²) < 4.78 is 5.14. The van der Waals surface area contributed by atoms with E-state index in [-0.39, 0.29) is 12.4 Å². The van der Waals surface area contributed by atoms with Crippen molar-refractivity contribution < 1.29 is 9.53 Å². The largest absolute Gasteiger partial charge is 0.469 e. The maximum absolute atomic E-state index is 10.9. The van der Waals surface area contributed by atoms with E-state index in [1.807, 2.05) is 0 Å². The van der Waals surface area contributed by atoms with Crippen LogP contribution in [0, 0.1) is 0 Å². The number of anilines is 1. The third kappa shape index (κ3) is 2.69. The van der Waals surface area contributed by atoms with Crippen molar-refractivity contribution in [1.29, 1.82) is 0 Å². The van der Waals surface area contributed by atoms with Gasteiger partial charge in [-0.25, -0.2) is 4.98 Å². The number of carbonyl (C=O) groups is 1. The fraction of sp³-hybridized carbons (Fsp3) is 0.250. The Labute approximate surface area is 84.2 Å². The summed E-state index contributed by atoms with van der Waals surface area (Å²) in [5.74, 6) is -0.312. The van der Waals surface area contributed by atoms with Crippen molar-refractivity contribution in [3.05, 3.63) is 22.4 Å². The number of nitrogen functional groups attached to an aromatic ring is 1. The van der Waals surface area contributed by atoms with Crippen molar-refractivity contribution >= 4 is 27.6 Å². The molecular weight excluding hydrogens is 236 g/mol. The Bertz CT molecular complexity index is 328. The summed E-state index contributed by atoms with van der Waals surface area (Å²) in [6, 6.07) is 1.69. The van der Waals surface area contributed by atoms with Crippen LogP contribution < -0.4 is 5.73 Å². The number of methoxy groups -OCH3 is 1. The van der Waals surface area contributed by atoms with Gasteiger partial charge < -0.3 is 10.5 Å². The molecule has 0 atom stereocenters. The highest BCUT2D eigenvalue weighted by Crippen LogP contribution is 2.16. The first-order valence-electron chi connectivity index (χ1n) is 3.60. The average Bonchev–Trinajstić information content (AvgIpc) is 2.11. The van der Waals surface area contributed by atoms with Crippen LogP contribution in [-0.4, -0.2) is 18.1 Å². The predicted octanol–water partition coefficient (Wildman–Crippen LogP) is 1.14. The monoisotopic (exact) mass is 244 g/mol. The molecule has 0 saturated heterocycles. The van der Waals surface area contributed by atoms with Gasteiger partial charge in [-0.05, 0) is 27.6 Å².